The molecule has 0 N–H and O–H groups in total. The fraction of sp³-hybridized carbons (Fsp3) is 0.923. The largest absolute Gasteiger partial charge is 0.444 e. The van der Waals surface area contributed by atoms with E-state index in [9.17, 15) is 4.79 Å². The molecule has 0 aliphatic carbocycles. The third kappa shape index (κ3) is 3.14. The lowest BCUT2D eigenvalue weighted by molar-refractivity contribution is -0.0852. The normalized spacial score (nSPS) is 26.9. The van der Waals surface area contributed by atoms with Gasteiger partial charge in [0.2, 0.25) is 0 Å². The summed E-state index contributed by atoms with van der Waals surface area (Å²) in [5, 5.41) is 0. The van der Waals surface area contributed by atoms with Gasteiger partial charge in [0.05, 0.1) is 19.3 Å². The van der Waals surface area contributed by atoms with Crippen LogP contribution in [0.3, 0.4) is 0 Å². The molecule has 1 unspecified atom stereocenters. The molecule has 2 aliphatic heterocycles. The number of hydrogen-bond donors (Lipinski definition) is 0. The molecule has 2 fully saturated rings. The van der Waals surface area contributed by atoms with Crippen LogP contribution in [-0.2, 0) is 9.47 Å². The SMILES string of the molecule is CC1CN(C2COC2)CCN1C(=O)OC(C)(C)C. The van der Waals surface area contributed by atoms with Crippen molar-refractivity contribution < 1.29 is 14.3 Å². The molecule has 0 aromatic carbocycles. The molecule has 0 radical (unpaired) electrons. The predicted molar refractivity (Wildman–Crippen MR) is 68.6 cm³/mol. The molecule has 1 amide bonds. The molecule has 2 aliphatic rings. The van der Waals surface area contributed by atoms with Crippen molar-refractivity contribution >= 4 is 6.09 Å². The number of piperazine rings is 1. The van der Waals surface area contributed by atoms with E-state index >= 15 is 0 Å². The predicted octanol–water partition coefficient (Wildman–Crippen LogP) is 1.33. The summed E-state index contributed by atoms with van der Waals surface area (Å²) in [5.74, 6) is 0. The third-order valence-electron chi connectivity index (χ3n) is 3.42. The van der Waals surface area contributed by atoms with Gasteiger partial charge in [0.15, 0.2) is 0 Å². The van der Waals surface area contributed by atoms with Crippen LogP contribution in [0, 0.1) is 0 Å². The van der Waals surface area contributed by atoms with Gasteiger partial charge in [-0.05, 0) is 27.7 Å². The summed E-state index contributed by atoms with van der Waals surface area (Å²) < 4.78 is 10.6. The number of ether oxygens (including phenoxy) is 2. The standard InChI is InChI=1S/C13H24N2O3/c1-10-7-14(11-8-17-9-11)5-6-15(10)12(16)18-13(2,3)4/h10-11H,5-9H2,1-4H3. The molecular formula is C13H24N2O3. The molecule has 2 saturated heterocycles. The Kier molecular flexibility index (Phi) is 3.82. The molecule has 5 heteroatoms. The average molecular weight is 256 g/mol. The number of rotatable bonds is 1. The second-order valence-electron chi connectivity index (χ2n) is 6.21. The highest BCUT2D eigenvalue weighted by Crippen LogP contribution is 2.19. The van der Waals surface area contributed by atoms with Gasteiger partial charge in [-0.15, -0.1) is 0 Å². The zero-order chi connectivity index (χ0) is 13.3. The van der Waals surface area contributed by atoms with Crippen LogP contribution >= 0.6 is 0 Å². The number of amides is 1. The van der Waals surface area contributed by atoms with Crippen LogP contribution in [-0.4, -0.2) is 66.4 Å². The molecule has 0 bridgehead atoms. The van der Waals surface area contributed by atoms with Crippen molar-refractivity contribution in [3.8, 4) is 0 Å². The molecule has 0 saturated carbocycles. The molecule has 0 aromatic rings. The fourth-order valence-electron chi connectivity index (χ4n) is 2.34. The molecule has 18 heavy (non-hydrogen) atoms. The Morgan fingerprint density at radius 3 is 2.39 bits per heavy atom. The van der Waals surface area contributed by atoms with Gasteiger partial charge in [-0.1, -0.05) is 0 Å². The Labute approximate surface area is 109 Å². The van der Waals surface area contributed by atoms with Crippen molar-refractivity contribution in [1.82, 2.24) is 9.80 Å². The molecule has 104 valence electrons. The van der Waals surface area contributed by atoms with Crippen molar-refractivity contribution in [2.45, 2.75) is 45.4 Å². The van der Waals surface area contributed by atoms with Crippen LogP contribution in [0.5, 0.6) is 0 Å². The Morgan fingerprint density at radius 1 is 1.28 bits per heavy atom. The van der Waals surface area contributed by atoms with Crippen LogP contribution in [0.4, 0.5) is 4.79 Å². The second-order valence-corrected chi connectivity index (χ2v) is 6.21. The van der Waals surface area contributed by atoms with E-state index in [1.165, 1.54) is 0 Å². The van der Waals surface area contributed by atoms with Gasteiger partial charge in [0.1, 0.15) is 5.60 Å². The quantitative estimate of drug-likeness (QED) is 0.710. The smallest absolute Gasteiger partial charge is 0.410 e. The van der Waals surface area contributed by atoms with E-state index in [0.717, 1.165) is 32.8 Å². The van der Waals surface area contributed by atoms with Gasteiger partial charge in [-0.3, -0.25) is 4.90 Å². The highest BCUT2D eigenvalue weighted by molar-refractivity contribution is 5.68. The summed E-state index contributed by atoms with van der Waals surface area (Å²) in [5.41, 5.74) is -0.421. The van der Waals surface area contributed by atoms with Crippen molar-refractivity contribution in [2.75, 3.05) is 32.8 Å². The number of hydrogen-bond acceptors (Lipinski definition) is 4. The third-order valence-corrected chi connectivity index (χ3v) is 3.42. The summed E-state index contributed by atoms with van der Waals surface area (Å²) in [6.45, 7) is 12.0. The Hall–Kier alpha value is -0.810. The van der Waals surface area contributed by atoms with Crippen molar-refractivity contribution in [1.29, 1.82) is 0 Å². The molecule has 5 nitrogen and oxygen atoms in total. The average Bonchev–Trinajstić information content (AvgIpc) is 2.11. The van der Waals surface area contributed by atoms with Crippen molar-refractivity contribution in [2.24, 2.45) is 0 Å². The van der Waals surface area contributed by atoms with Crippen molar-refractivity contribution in [3.63, 3.8) is 0 Å². The summed E-state index contributed by atoms with van der Waals surface area (Å²) in [7, 11) is 0. The molecule has 1 atom stereocenters. The van der Waals surface area contributed by atoms with Crippen LogP contribution < -0.4 is 0 Å². The van der Waals surface area contributed by atoms with Crippen LogP contribution in [0.2, 0.25) is 0 Å². The fourth-order valence-corrected chi connectivity index (χ4v) is 2.34. The van der Waals surface area contributed by atoms with Gasteiger partial charge in [-0.25, -0.2) is 4.79 Å². The first kappa shape index (κ1) is 13.6. The minimum absolute atomic E-state index is 0.195. The molecule has 2 rings (SSSR count). The maximum Gasteiger partial charge on any atom is 0.410 e. The summed E-state index contributed by atoms with van der Waals surface area (Å²) in [4.78, 5) is 16.3. The van der Waals surface area contributed by atoms with Crippen molar-refractivity contribution in [3.05, 3.63) is 0 Å². The van der Waals surface area contributed by atoms with E-state index in [2.05, 4.69) is 11.8 Å². The molecule has 2 heterocycles. The minimum atomic E-state index is -0.421. The maximum absolute atomic E-state index is 12.0. The minimum Gasteiger partial charge on any atom is -0.444 e. The van der Waals surface area contributed by atoms with Crippen LogP contribution in [0.1, 0.15) is 27.7 Å². The lowest BCUT2D eigenvalue weighted by Crippen LogP contribution is -2.60. The van der Waals surface area contributed by atoms with E-state index in [-0.39, 0.29) is 12.1 Å². The Bertz CT molecular complexity index is 310. The number of carbonyl (C=O) groups excluding carboxylic acids is 1. The lowest BCUT2D eigenvalue weighted by atomic mass is 10.1. The first-order valence-corrected chi connectivity index (χ1v) is 6.68. The second kappa shape index (κ2) is 5.05. The monoisotopic (exact) mass is 256 g/mol. The summed E-state index contributed by atoms with van der Waals surface area (Å²) in [6, 6.07) is 0.752. The van der Waals surface area contributed by atoms with E-state index in [1.807, 2.05) is 25.7 Å². The number of carbonyl (C=O) groups is 1. The summed E-state index contributed by atoms with van der Waals surface area (Å²) in [6.07, 6.45) is -0.195. The van der Waals surface area contributed by atoms with E-state index in [1.54, 1.807) is 0 Å². The first-order valence-electron chi connectivity index (χ1n) is 6.68. The van der Waals surface area contributed by atoms with E-state index < -0.39 is 5.60 Å². The summed E-state index contributed by atoms with van der Waals surface area (Å²) >= 11 is 0. The zero-order valence-electron chi connectivity index (χ0n) is 11.8. The highest BCUT2D eigenvalue weighted by Gasteiger charge is 2.35. The van der Waals surface area contributed by atoms with Gasteiger partial charge >= 0.3 is 6.09 Å². The topological polar surface area (TPSA) is 42.0 Å². The van der Waals surface area contributed by atoms with Gasteiger partial charge in [0.25, 0.3) is 0 Å². The van der Waals surface area contributed by atoms with Gasteiger partial charge < -0.3 is 14.4 Å². The molecule has 0 aromatic heterocycles. The van der Waals surface area contributed by atoms with Gasteiger partial charge in [-0.2, -0.15) is 0 Å². The van der Waals surface area contributed by atoms with E-state index in [4.69, 9.17) is 9.47 Å². The van der Waals surface area contributed by atoms with Gasteiger partial charge in [0, 0.05) is 25.7 Å². The zero-order valence-corrected chi connectivity index (χ0v) is 11.8. The maximum atomic E-state index is 12.0. The highest BCUT2D eigenvalue weighted by atomic mass is 16.6. The van der Waals surface area contributed by atoms with E-state index in [0.29, 0.717) is 6.04 Å². The van der Waals surface area contributed by atoms with Crippen LogP contribution in [0.15, 0.2) is 0 Å². The molecular weight excluding hydrogens is 232 g/mol. The number of nitrogens with zero attached hydrogens (tertiary/aromatic N) is 2. The Balaban J connectivity index is 1.86. The van der Waals surface area contributed by atoms with Crippen LogP contribution in [0.25, 0.3) is 0 Å². The lowest BCUT2D eigenvalue weighted by Gasteiger charge is -2.45. The molecule has 0 spiro atoms. The Morgan fingerprint density at radius 2 is 1.94 bits per heavy atom. The first-order chi connectivity index (χ1) is 8.37.